The van der Waals surface area contributed by atoms with Gasteiger partial charge in [-0.05, 0) is 44.2 Å². The fourth-order valence-corrected chi connectivity index (χ4v) is 4.97. The number of benzene rings is 1. The SMILES string of the molecule is NC1CC2CCCC(C1)N2c1c(Cl)cc(Br)cc1Cl. The van der Waals surface area contributed by atoms with Gasteiger partial charge in [0.25, 0.3) is 0 Å². The van der Waals surface area contributed by atoms with Crippen LogP contribution in [0.3, 0.4) is 0 Å². The molecule has 3 rings (SSSR count). The molecule has 2 saturated heterocycles. The summed E-state index contributed by atoms with van der Waals surface area (Å²) in [6.45, 7) is 0. The molecule has 2 aliphatic heterocycles. The van der Waals surface area contributed by atoms with Crippen LogP contribution in [-0.4, -0.2) is 18.1 Å². The molecular weight excluding hydrogens is 347 g/mol. The third-order valence-corrected chi connectivity index (χ3v) is 5.29. The number of nitrogens with zero attached hydrogens (tertiary/aromatic N) is 1. The van der Waals surface area contributed by atoms with Gasteiger partial charge in [0.05, 0.1) is 15.7 Å². The second kappa shape index (κ2) is 5.44. The Kier molecular flexibility index (Phi) is 4.01. The molecule has 2 heterocycles. The van der Waals surface area contributed by atoms with Gasteiger partial charge in [-0.25, -0.2) is 0 Å². The van der Waals surface area contributed by atoms with Crippen molar-refractivity contribution >= 4 is 44.8 Å². The molecule has 0 spiro atoms. The minimum atomic E-state index is 0.319. The average Bonchev–Trinajstić information content (AvgIpc) is 2.28. The normalized spacial score (nSPS) is 30.5. The van der Waals surface area contributed by atoms with E-state index in [1.54, 1.807) is 0 Å². The van der Waals surface area contributed by atoms with Gasteiger partial charge in [0.2, 0.25) is 0 Å². The quantitative estimate of drug-likeness (QED) is 0.789. The molecule has 2 unspecified atom stereocenters. The van der Waals surface area contributed by atoms with E-state index in [0.29, 0.717) is 18.1 Å². The van der Waals surface area contributed by atoms with Crippen molar-refractivity contribution in [1.29, 1.82) is 0 Å². The number of nitrogens with two attached hydrogens (primary N) is 1. The number of fused-ring (bicyclic) bond motifs is 2. The average molecular weight is 364 g/mol. The number of hydrogen-bond donors (Lipinski definition) is 1. The lowest BCUT2D eigenvalue weighted by Crippen LogP contribution is -2.55. The van der Waals surface area contributed by atoms with E-state index in [9.17, 15) is 0 Å². The Morgan fingerprint density at radius 2 is 1.63 bits per heavy atom. The van der Waals surface area contributed by atoms with Gasteiger partial charge in [-0.3, -0.25) is 0 Å². The van der Waals surface area contributed by atoms with E-state index in [2.05, 4.69) is 20.8 Å². The molecule has 2 fully saturated rings. The molecule has 5 heteroatoms. The summed E-state index contributed by atoms with van der Waals surface area (Å²) in [4.78, 5) is 2.43. The first kappa shape index (κ1) is 14.0. The molecule has 0 radical (unpaired) electrons. The summed E-state index contributed by atoms with van der Waals surface area (Å²) in [7, 11) is 0. The fourth-order valence-electron chi connectivity index (χ4n) is 3.57. The van der Waals surface area contributed by atoms with Gasteiger partial charge in [0.15, 0.2) is 0 Å². The molecular formula is C14H17BrCl2N2. The fraction of sp³-hybridized carbons (Fsp3) is 0.571. The lowest BCUT2D eigenvalue weighted by atomic mass is 9.81. The Labute approximate surface area is 132 Å². The molecule has 104 valence electrons. The summed E-state index contributed by atoms with van der Waals surface area (Å²) in [5.41, 5.74) is 7.16. The van der Waals surface area contributed by atoms with Crippen molar-refractivity contribution in [2.24, 2.45) is 5.73 Å². The highest BCUT2D eigenvalue weighted by Gasteiger charge is 2.38. The number of halogens is 3. The first-order valence-corrected chi connectivity index (χ1v) is 8.29. The van der Waals surface area contributed by atoms with E-state index in [0.717, 1.165) is 33.0 Å². The summed E-state index contributed by atoms with van der Waals surface area (Å²) in [5, 5.41) is 1.46. The summed E-state index contributed by atoms with van der Waals surface area (Å²) < 4.78 is 0.921. The van der Waals surface area contributed by atoms with Crippen molar-refractivity contribution in [3.63, 3.8) is 0 Å². The standard InChI is InChI=1S/C14H17BrCl2N2/c15-8-4-12(16)14(13(17)5-8)19-10-2-1-3-11(19)7-9(18)6-10/h4-5,9-11H,1-3,6-7,18H2. The number of hydrogen-bond acceptors (Lipinski definition) is 2. The van der Waals surface area contributed by atoms with Gasteiger partial charge in [-0.1, -0.05) is 39.1 Å². The summed E-state index contributed by atoms with van der Waals surface area (Å²) in [5.74, 6) is 0. The maximum atomic E-state index is 6.43. The van der Waals surface area contributed by atoms with Gasteiger partial charge in [0, 0.05) is 22.6 Å². The molecule has 0 aliphatic carbocycles. The predicted molar refractivity (Wildman–Crippen MR) is 85.3 cm³/mol. The molecule has 1 aromatic carbocycles. The van der Waals surface area contributed by atoms with Crippen molar-refractivity contribution in [3.8, 4) is 0 Å². The summed E-state index contributed by atoms with van der Waals surface area (Å²) in [6, 6.07) is 5.14. The van der Waals surface area contributed by atoms with Gasteiger partial charge in [0.1, 0.15) is 0 Å². The second-order valence-corrected chi connectivity index (χ2v) is 7.33. The molecule has 2 N–H and O–H groups in total. The van der Waals surface area contributed by atoms with Crippen molar-refractivity contribution in [2.75, 3.05) is 4.90 Å². The van der Waals surface area contributed by atoms with E-state index in [1.807, 2.05) is 12.1 Å². The first-order valence-electron chi connectivity index (χ1n) is 6.74. The maximum absolute atomic E-state index is 6.43. The number of anilines is 1. The summed E-state index contributed by atoms with van der Waals surface area (Å²) in [6.07, 6.45) is 5.74. The third-order valence-electron chi connectivity index (χ3n) is 4.25. The van der Waals surface area contributed by atoms with Crippen molar-refractivity contribution in [3.05, 3.63) is 26.7 Å². The Morgan fingerprint density at radius 3 is 2.16 bits per heavy atom. The van der Waals surface area contributed by atoms with Gasteiger partial charge >= 0.3 is 0 Å². The molecule has 19 heavy (non-hydrogen) atoms. The van der Waals surface area contributed by atoms with E-state index >= 15 is 0 Å². The highest BCUT2D eigenvalue weighted by molar-refractivity contribution is 9.10. The van der Waals surface area contributed by atoms with Gasteiger partial charge in [-0.15, -0.1) is 0 Å². The van der Waals surface area contributed by atoms with E-state index in [1.165, 1.54) is 19.3 Å². The lowest BCUT2D eigenvalue weighted by Gasteiger charge is -2.50. The van der Waals surface area contributed by atoms with E-state index < -0.39 is 0 Å². The first-order chi connectivity index (χ1) is 9.06. The van der Waals surface area contributed by atoms with Gasteiger partial charge in [-0.2, -0.15) is 0 Å². The van der Waals surface area contributed by atoms with Crippen LogP contribution >= 0.6 is 39.1 Å². The highest BCUT2D eigenvalue weighted by atomic mass is 79.9. The Bertz CT molecular complexity index is 457. The summed E-state index contributed by atoms with van der Waals surface area (Å²) >= 11 is 16.3. The molecule has 2 aliphatic rings. The molecule has 0 saturated carbocycles. The minimum Gasteiger partial charge on any atom is -0.363 e. The zero-order valence-electron chi connectivity index (χ0n) is 10.6. The van der Waals surface area contributed by atoms with Crippen LogP contribution < -0.4 is 10.6 Å². The van der Waals surface area contributed by atoms with Crippen LogP contribution in [0, 0.1) is 0 Å². The second-order valence-electron chi connectivity index (χ2n) is 5.60. The zero-order chi connectivity index (χ0) is 13.6. The Morgan fingerprint density at radius 1 is 1.11 bits per heavy atom. The highest BCUT2D eigenvalue weighted by Crippen LogP contribution is 2.44. The molecule has 2 bridgehead atoms. The van der Waals surface area contributed by atoms with Crippen molar-refractivity contribution < 1.29 is 0 Å². The Hall–Kier alpha value is 0.0400. The Balaban J connectivity index is 2.02. The third kappa shape index (κ3) is 2.63. The van der Waals surface area contributed by atoms with Gasteiger partial charge < -0.3 is 10.6 Å². The van der Waals surface area contributed by atoms with Crippen LogP contribution in [0.5, 0.6) is 0 Å². The smallest absolute Gasteiger partial charge is 0.0750 e. The molecule has 0 aromatic heterocycles. The van der Waals surface area contributed by atoms with Crippen molar-refractivity contribution in [2.45, 2.75) is 50.2 Å². The van der Waals surface area contributed by atoms with Crippen LogP contribution in [0.25, 0.3) is 0 Å². The van der Waals surface area contributed by atoms with Crippen LogP contribution in [0.1, 0.15) is 32.1 Å². The number of piperidine rings is 2. The lowest BCUT2D eigenvalue weighted by molar-refractivity contribution is 0.271. The molecule has 2 nitrogen and oxygen atoms in total. The zero-order valence-corrected chi connectivity index (χ0v) is 13.7. The van der Waals surface area contributed by atoms with E-state index in [4.69, 9.17) is 28.9 Å². The van der Waals surface area contributed by atoms with Crippen LogP contribution in [0.2, 0.25) is 10.0 Å². The van der Waals surface area contributed by atoms with E-state index in [-0.39, 0.29) is 0 Å². The monoisotopic (exact) mass is 362 g/mol. The maximum Gasteiger partial charge on any atom is 0.0750 e. The molecule has 0 amide bonds. The molecule has 1 aromatic rings. The largest absolute Gasteiger partial charge is 0.363 e. The minimum absolute atomic E-state index is 0.319. The van der Waals surface area contributed by atoms with Crippen molar-refractivity contribution in [1.82, 2.24) is 0 Å². The van der Waals surface area contributed by atoms with Crippen LogP contribution in [0.15, 0.2) is 16.6 Å². The van der Waals surface area contributed by atoms with Crippen LogP contribution in [-0.2, 0) is 0 Å². The topological polar surface area (TPSA) is 29.3 Å². The molecule has 2 atom stereocenters. The number of rotatable bonds is 1. The van der Waals surface area contributed by atoms with Crippen LogP contribution in [0.4, 0.5) is 5.69 Å². The predicted octanol–water partition coefficient (Wildman–Crippen LogP) is 4.60.